The fourth-order valence-electron chi connectivity index (χ4n) is 4.19. The summed E-state index contributed by atoms with van der Waals surface area (Å²) in [4.78, 5) is 8.91. The van der Waals surface area contributed by atoms with Gasteiger partial charge in [0.1, 0.15) is 5.75 Å². The lowest BCUT2D eigenvalue weighted by molar-refractivity contribution is 0.230. The molecule has 1 aromatic carbocycles. The standard InChI is InChI=1S/C24H34N2O/c1-3-6-19-8-10-20(11-9-19)7-5-16-27-23-14-12-21(13-15-23)24-18-25-22(4-2)17-26-24/h12-15,17-20H,3-11,16H2,1-2H3/t19-,20-. The van der Waals surface area contributed by atoms with Gasteiger partial charge in [0.25, 0.3) is 0 Å². The first kappa shape index (κ1) is 19.9. The Bertz CT molecular complexity index is 658. The molecule has 0 atom stereocenters. The summed E-state index contributed by atoms with van der Waals surface area (Å²) in [6.07, 6.45) is 15.6. The van der Waals surface area contributed by atoms with Crippen molar-refractivity contribution in [2.75, 3.05) is 6.61 Å². The van der Waals surface area contributed by atoms with Gasteiger partial charge in [-0.05, 0) is 55.4 Å². The minimum Gasteiger partial charge on any atom is -0.494 e. The van der Waals surface area contributed by atoms with Gasteiger partial charge < -0.3 is 4.74 Å². The highest BCUT2D eigenvalue weighted by Crippen LogP contribution is 2.33. The van der Waals surface area contributed by atoms with Crippen molar-refractivity contribution in [1.29, 1.82) is 0 Å². The first-order valence-corrected chi connectivity index (χ1v) is 10.8. The van der Waals surface area contributed by atoms with Crippen molar-refractivity contribution < 1.29 is 4.74 Å². The summed E-state index contributed by atoms with van der Waals surface area (Å²) in [5.41, 5.74) is 3.02. The minimum absolute atomic E-state index is 0.819. The highest BCUT2D eigenvalue weighted by atomic mass is 16.5. The number of benzene rings is 1. The Morgan fingerprint density at radius 2 is 1.59 bits per heavy atom. The maximum atomic E-state index is 5.95. The summed E-state index contributed by atoms with van der Waals surface area (Å²) in [5.74, 6) is 2.88. The summed E-state index contributed by atoms with van der Waals surface area (Å²) >= 11 is 0. The molecule has 2 aromatic rings. The smallest absolute Gasteiger partial charge is 0.119 e. The molecule has 1 saturated carbocycles. The van der Waals surface area contributed by atoms with Crippen LogP contribution < -0.4 is 4.74 Å². The molecule has 146 valence electrons. The van der Waals surface area contributed by atoms with Gasteiger partial charge in [-0.3, -0.25) is 9.97 Å². The topological polar surface area (TPSA) is 35.0 Å². The van der Waals surface area contributed by atoms with Crippen LogP contribution in [0.15, 0.2) is 36.7 Å². The Hall–Kier alpha value is -1.90. The normalized spacial score (nSPS) is 19.8. The molecule has 0 amide bonds. The molecule has 0 spiro atoms. The van der Waals surface area contributed by atoms with Gasteiger partial charge in [0.2, 0.25) is 0 Å². The summed E-state index contributed by atoms with van der Waals surface area (Å²) in [7, 11) is 0. The van der Waals surface area contributed by atoms with Crippen molar-refractivity contribution in [3.05, 3.63) is 42.4 Å². The monoisotopic (exact) mass is 366 g/mol. The van der Waals surface area contributed by atoms with E-state index in [2.05, 4.69) is 35.9 Å². The Morgan fingerprint density at radius 3 is 2.19 bits per heavy atom. The molecule has 0 bridgehead atoms. The van der Waals surface area contributed by atoms with Crippen LogP contribution in [0.4, 0.5) is 0 Å². The largest absolute Gasteiger partial charge is 0.494 e. The van der Waals surface area contributed by atoms with E-state index in [-0.39, 0.29) is 0 Å². The van der Waals surface area contributed by atoms with Crippen molar-refractivity contribution in [2.45, 2.75) is 71.6 Å². The summed E-state index contributed by atoms with van der Waals surface area (Å²) < 4.78 is 5.95. The number of rotatable bonds is 9. The van der Waals surface area contributed by atoms with Crippen molar-refractivity contribution in [1.82, 2.24) is 9.97 Å². The third-order valence-electron chi connectivity index (χ3n) is 5.91. The average molecular weight is 367 g/mol. The second-order valence-corrected chi connectivity index (χ2v) is 7.94. The molecule has 1 aliphatic carbocycles. The van der Waals surface area contributed by atoms with Crippen LogP contribution in [-0.2, 0) is 6.42 Å². The highest BCUT2D eigenvalue weighted by molar-refractivity contribution is 5.58. The number of nitrogens with zero attached hydrogens (tertiary/aromatic N) is 2. The summed E-state index contributed by atoms with van der Waals surface area (Å²) in [6.45, 7) is 5.22. The predicted molar refractivity (Wildman–Crippen MR) is 112 cm³/mol. The molecular weight excluding hydrogens is 332 g/mol. The molecule has 1 heterocycles. The van der Waals surface area contributed by atoms with Crippen molar-refractivity contribution in [2.24, 2.45) is 11.8 Å². The van der Waals surface area contributed by atoms with E-state index in [1.54, 1.807) is 0 Å². The molecule has 3 heteroatoms. The number of aryl methyl sites for hydroxylation is 1. The van der Waals surface area contributed by atoms with E-state index in [0.29, 0.717) is 0 Å². The van der Waals surface area contributed by atoms with E-state index in [4.69, 9.17) is 4.74 Å². The van der Waals surface area contributed by atoms with Gasteiger partial charge in [-0.25, -0.2) is 0 Å². The zero-order valence-electron chi connectivity index (χ0n) is 17.0. The minimum atomic E-state index is 0.819. The SMILES string of the molecule is CCC[C@H]1CC[C@H](CCCOc2ccc(-c3cnc(CC)cn3)cc2)CC1. The first-order chi connectivity index (χ1) is 13.3. The van der Waals surface area contributed by atoms with Gasteiger partial charge in [-0.1, -0.05) is 52.4 Å². The molecule has 0 saturated heterocycles. The van der Waals surface area contributed by atoms with E-state index >= 15 is 0 Å². The molecule has 0 radical (unpaired) electrons. The average Bonchev–Trinajstić information content (AvgIpc) is 2.73. The number of ether oxygens (including phenoxy) is 1. The molecule has 0 unspecified atom stereocenters. The molecule has 3 rings (SSSR count). The lowest BCUT2D eigenvalue weighted by atomic mass is 9.78. The van der Waals surface area contributed by atoms with Crippen LogP contribution >= 0.6 is 0 Å². The molecule has 0 aliphatic heterocycles. The number of hydrogen-bond donors (Lipinski definition) is 0. The zero-order valence-corrected chi connectivity index (χ0v) is 17.0. The van der Waals surface area contributed by atoms with Crippen LogP contribution in [0.2, 0.25) is 0 Å². The maximum absolute atomic E-state index is 5.95. The molecular formula is C24H34N2O. The van der Waals surface area contributed by atoms with Crippen LogP contribution in [0.25, 0.3) is 11.3 Å². The van der Waals surface area contributed by atoms with Crippen molar-refractivity contribution >= 4 is 0 Å². The fourth-order valence-corrected chi connectivity index (χ4v) is 4.19. The number of hydrogen-bond acceptors (Lipinski definition) is 3. The Morgan fingerprint density at radius 1 is 0.889 bits per heavy atom. The van der Waals surface area contributed by atoms with Crippen LogP contribution in [0.5, 0.6) is 5.75 Å². The second kappa shape index (κ2) is 10.4. The molecule has 1 aliphatic rings. The first-order valence-electron chi connectivity index (χ1n) is 10.8. The third-order valence-corrected chi connectivity index (χ3v) is 5.91. The van der Waals surface area contributed by atoms with E-state index in [0.717, 1.165) is 54.0 Å². The molecule has 27 heavy (non-hydrogen) atoms. The van der Waals surface area contributed by atoms with Gasteiger partial charge >= 0.3 is 0 Å². The Kier molecular flexibility index (Phi) is 7.67. The summed E-state index contributed by atoms with van der Waals surface area (Å²) in [6, 6.07) is 8.22. The second-order valence-electron chi connectivity index (χ2n) is 7.94. The Labute approximate surface area is 164 Å². The van der Waals surface area contributed by atoms with Crippen molar-refractivity contribution in [3.8, 4) is 17.0 Å². The van der Waals surface area contributed by atoms with Gasteiger partial charge in [-0.2, -0.15) is 0 Å². The van der Waals surface area contributed by atoms with E-state index in [9.17, 15) is 0 Å². The van der Waals surface area contributed by atoms with Crippen LogP contribution in [0.3, 0.4) is 0 Å². The Balaban J connectivity index is 1.38. The third kappa shape index (κ3) is 6.05. The molecule has 1 aromatic heterocycles. The van der Waals surface area contributed by atoms with Crippen LogP contribution in [0, 0.1) is 11.8 Å². The van der Waals surface area contributed by atoms with E-state index in [1.807, 2.05) is 24.5 Å². The molecule has 0 N–H and O–H groups in total. The molecule has 1 fully saturated rings. The van der Waals surface area contributed by atoms with Gasteiger partial charge in [0.05, 0.1) is 24.2 Å². The zero-order chi connectivity index (χ0) is 18.9. The fraction of sp³-hybridized carbons (Fsp3) is 0.583. The lowest BCUT2D eigenvalue weighted by Crippen LogP contribution is -2.15. The van der Waals surface area contributed by atoms with Crippen LogP contribution in [-0.4, -0.2) is 16.6 Å². The van der Waals surface area contributed by atoms with Gasteiger partial charge in [0, 0.05) is 11.8 Å². The van der Waals surface area contributed by atoms with E-state index < -0.39 is 0 Å². The van der Waals surface area contributed by atoms with E-state index in [1.165, 1.54) is 44.9 Å². The van der Waals surface area contributed by atoms with Crippen LogP contribution in [0.1, 0.15) is 70.9 Å². The lowest BCUT2D eigenvalue weighted by Gasteiger charge is -2.28. The van der Waals surface area contributed by atoms with Gasteiger partial charge in [-0.15, -0.1) is 0 Å². The quantitative estimate of drug-likeness (QED) is 0.477. The highest BCUT2D eigenvalue weighted by Gasteiger charge is 2.20. The predicted octanol–water partition coefficient (Wildman–Crippen LogP) is 6.47. The summed E-state index contributed by atoms with van der Waals surface area (Å²) in [5, 5.41) is 0. The molecule has 3 nitrogen and oxygen atoms in total. The maximum Gasteiger partial charge on any atom is 0.119 e. The van der Waals surface area contributed by atoms with Crippen molar-refractivity contribution in [3.63, 3.8) is 0 Å². The number of aromatic nitrogens is 2. The van der Waals surface area contributed by atoms with Gasteiger partial charge in [0.15, 0.2) is 0 Å².